The molecule has 0 radical (unpaired) electrons. The quantitative estimate of drug-likeness (QED) is 0.339. The van der Waals surface area contributed by atoms with Crippen molar-refractivity contribution >= 4 is 35.0 Å². The maximum Gasteiger partial charge on any atom is 0.416 e. The molecule has 0 aliphatic heterocycles. The van der Waals surface area contributed by atoms with Gasteiger partial charge in [0.1, 0.15) is 18.2 Å². The molecule has 0 aliphatic carbocycles. The molecule has 0 fully saturated rings. The first-order chi connectivity index (χ1) is 15.2. The van der Waals surface area contributed by atoms with Crippen LogP contribution in [0.25, 0.3) is 0 Å². The molecule has 0 unspecified atom stereocenters. The topological polar surface area (TPSA) is 69.0 Å². The summed E-state index contributed by atoms with van der Waals surface area (Å²) in [6.07, 6.45) is -4.50. The van der Waals surface area contributed by atoms with Gasteiger partial charge in [0.2, 0.25) is 5.91 Å². The van der Waals surface area contributed by atoms with Gasteiger partial charge in [0.25, 0.3) is 0 Å². The second-order valence-electron chi connectivity index (χ2n) is 6.42. The molecule has 3 aromatic rings. The lowest BCUT2D eigenvalue weighted by molar-refractivity contribution is -0.137. The van der Waals surface area contributed by atoms with Gasteiger partial charge in [-0.05, 0) is 37.3 Å². The van der Waals surface area contributed by atoms with Crippen LogP contribution in [0.4, 0.5) is 23.2 Å². The van der Waals surface area contributed by atoms with E-state index in [4.69, 9.17) is 16.3 Å². The zero-order valence-corrected chi connectivity index (χ0v) is 18.2. The lowest BCUT2D eigenvalue weighted by atomic mass is 10.2. The number of benzene rings is 2. The molecule has 1 amide bonds. The van der Waals surface area contributed by atoms with Gasteiger partial charge in [-0.2, -0.15) is 13.2 Å². The number of thioether (sulfide) groups is 1. The number of alkyl halides is 3. The second kappa shape index (κ2) is 10.2. The van der Waals surface area contributed by atoms with Crippen LogP contribution in [0.2, 0.25) is 5.02 Å². The third kappa shape index (κ3) is 6.13. The number of hydrogen-bond acceptors (Lipinski definition) is 5. The largest absolute Gasteiger partial charge is 0.486 e. The highest BCUT2D eigenvalue weighted by Crippen LogP contribution is 2.30. The Morgan fingerprint density at radius 3 is 2.69 bits per heavy atom. The molecule has 0 saturated heterocycles. The highest BCUT2D eigenvalue weighted by Gasteiger charge is 2.30. The van der Waals surface area contributed by atoms with E-state index in [2.05, 4.69) is 15.5 Å². The smallest absolute Gasteiger partial charge is 0.416 e. The highest BCUT2D eigenvalue weighted by molar-refractivity contribution is 7.99. The van der Waals surface area contributed by atoms with Crippen LogP contribution in [0.1, 0.15) is 18.3 Å². The van der Waals surface area contributed by atoms with Crippen molar-refractivity contribution in [3.63, 3.8) is 0 Å². The van der Waals surface area contributed by atoms with Gasteiger partial charge in [-0.25, -0.2) is 4.39 Å². The number of ether oxygens (including phenoxy) is 1. The second-order valence-corrected chi connectivity index (χ2v) is 7.77. The Balaban J connectivity index is 1.59. The van der Waals surface area contributed by atoms with Crippen molar-refractivity contribution in [1.29, 1.82) is 0 Å². The number of aromatic nitrogens is 3. The minimum Gasteiger partial charge on any atom is -0.486 e. The summed E-state index contributed by atoms with van der Waals surface area (Å²) in [5, 5.41) is 10.9. The van der Waals surface area contributed by atoms with Gasteiger partial charge < -0.3 is 14.6 Å². The predicted molar refractivity (Wildman–Crippen MR) is 112 cm³/mol. The molecule has 0 spiro atoms. The van der Waals surface area contributed by atoms with Crippen molar-refractivity contribution in [2.75, 3.05) is 11.1 Å². The molecule has 6 nitrogen and oxygen atoms in total. The number of hydrogen-bond donors (Lipinski definition) is 1. The molecular weight excluding hydrogens is 472 g/mol. The molecule has 0 bridgehead atoms. The van der Waals surface area contributed by atoms with E-state index in [0.717, 1.165) is 23.9 Å². The van der Waals surface area contributed by atoms with Crippen molar-refractivity contribution < 1.29 is 27.1 Å². The standard InChI is InChI=1S/C20H17ClF4N4O2S/c1-2-29-17(10-31-14-6-7-16(22)15(21)9-14)27-28-19(29)32-11-18(30)26-13-5-3-4-12(8-13)20(23,24)25/h3-9H,2,10-11H2,1H3,(H,26,30). The highest BCUT2D eigenvalue weighted by atomic mass is 35.5. The Bertz CT molecular complexity index is 1110. The van der Waals surface area contributed by atoms with Gasteiger partial charge in [0.05, 0.1) is 16.3 Å². The number of amides is 1. The van der Waals surface area contributed by atoms with Crippen LogP contribution in [0, 0.1) is 5.82 Å². The average molecular weight is 489 g/mol. The molecule has 0 saturated carbocycles. The molecule has 1 N–H and O–H groups in total. The van der Waals surface area contributed by atoms with Crippen LogP contribution < -0.4 is 10.1 Å². The van der Waals surface area contributed by atoms with Crippen LogP contribution in [-0.2, 0) is 24.1 Å². The number of carbonyl (C=O) groups is 1. The molecule has 3 rings (SSSR count). The summed E-state index contributed by atoms with van der Waals surface area (Å²) >= 11 is 6.82. The summed E-state index contributed by atoms with van der Waals surface area (Å²) in [5.41, 5.74) is -0.796. The van der Waals surface area contributed by atoms with Gasteiger partial charge in [0, 0.05) is 18.3 Å². The lowest BCUT2D eigenvalue weighted by Gasteiger charge is -2.10. The number of rotatable bonds is 8. The summed E-state index contributed by atoms with van der Waals surface area (Å²) in [4.78, 5) is 12.2. The minimum absolute atomic E-state index is 0.0415. The van der Waals surface area contributed by atoms with E-state index >= 15 is 0 Å². The summed E-state index contributed by atoms with van der Waals surface area (Å²) in [6.45, 7) is 2.39. The third-order valence-electron chi connectivity index (χ3n) is 4.17. The Hall–Kier alpha value is -2.79. The summed E-state index contributed by atoms with van der Waals surface area (Å²) in [6, 6.07) is 8.36. The lowest BCUT2D eigenvalue weighted by Crippen LogP contribution is -2.15. The summed E-state index contributed by atoms with van der Waals surface area (Å²) < 4.78 is 58.9. The van der Waals surface area contributed by atoms with Crippen LogP contribution in [0.15, 0.2) is 47.6 Å². The maximum absolute atomic E-state index is 13.2. The number of nitrogens with one attached hydrogen (secondary N) is 1. The van der Waals surface area contributed by atoms with E-state index in [1.54, 1.807) is 4.57 Å². The maximum atomic E-state index is 13.2. The van der Waals surface area contributed by atoms with E-state index in [-0.39, 0.29) is 23.1 Å². The van der Waals surface area contributed by atoms with Crippen molar-refractivity contribution in [2.24, 2.45) is 0 Å². The Morgan fingerprint density at radius 2 is 2.00 bits per heavy atom. The predicted octanol–water partition coefficient (Wildman–Crippen LogP) is 5.42. The first-order valence-corrected chi connectivity index (χ1v) is 10.6. The first-order valence-electron chi connectivity index (χ1n) is 9.27. The third-order valence-corrected chi connectivity index (χ3v) is 5.43. The van der Waals surface area contributed by atoms with Crippen molar-refractivity contribution in [2.45, 2.75) is 31.4 Å². The molecule has 1 heterocycles. The van der Waals surface area contributed by atoms with Gasteiger partial charge in [0.15, 0.2) is 11.0 Å². The number of carbonyl (C=O) groups excluding carboxylic acids is 1. The van der Waals surface area contributed by atoms with E-state index in [9.17, 15) is 22.4 Å². The van der Waals surface area contributed by atoms with Crippen molar-refractivity contribution in [3.05, 3.63) is 64.7 Å². The number of halogens is 5. The Labute approximate surface area is 189 Å². The molecule has 0 atom stereocenters. The Morgan fingerprint density at radius 1 is 1.22 bits per heavy atom. The fraction of sp³-hybridized carbons (Fsp3) is 0.250. The fourth-order valence-corrected chi connectivity index (χ4v) is 3.66. The van der Waals surface area contributed by atoms with Crippen molar-refractivity contribution in [1.82, 2.24) is 14.8 Å². The zero-order valence-electron chi connectivity index (χ0n) is 16.6. The van der Waals surface area contributed by atoms with Gasteiger partial charge in [-0.15, -0.1) is 10.2 Å². The SMILES string of the molecule is CCn1c(COc2ccc(F)c(Cl)c2)nnc1SCC(=O)Nc1cccc(C(F)(F)F)c1. The van der Waals surface area contributed by atoms with Crippen LogP contribution in [-0.4, -0.2) is 26.4 Å². The van der Waals surface area contributed by atoms with E-state index in [1.165, 1.54) is 30.3 Å². The summed E-state index contributed by atoms with van der Waals surface area (Å²) in [7, 11) is 0. The van der Waals surface area contributed by atoms with Gasteiger partial charge >= 0.3 is 6.18 Å². The molecule has 2 aromatic carbocycles. The fourth-order valence-electron chi connectivity index (χ4n) is 2.67. The molecule has 12 heteroatoms. The monoisotopic (exact) mass is 488 g/mol. The van der Waals surface area contributed by atoms with Crippen LogP contribution in [0.5, 0.6) is 5.75 Å². The molecule has 1 aromatic heterocycles. The van der Waals surface area contributed by atoms with Crippen LogP contribution >= 0.6 is 23.4 Å². The molecule has 170 valence electrons. The minimum atomic E-state index is -4.50. The molecular formula is C20H17ClF4N4O2S. The number of anilines is 1. The van der Waals surface area contributed by atoms with E-state index in [0.29, 0.717) is 23.3 Å². The first kappa shape index (κ1) is 23.9. The molecule has 32 heavy (non-hydrogen) atoms. The van der Waals surface area contributed by atoms with Crippen LogP contribution in [0.3, 0.4) is 0 Å². The van der Waals surface area contributed by atoms with Gasteiger partial charge in [-0.3, -0.25) is 4.79 Å². The number of nitrogens with zero attached hydrogens (tertiary/aromatic N) is 3. The van der Waals surface area contributed by atoms with E-state index < -0.39 is 23.5 Å². The van der Waals surface area contributed by atoms with Gasteiger partial charge in [-0.1, -0.05) is 29.4 Å². The normalized spacial score (nSPS) is 11.4. The summed E-state index contributed by atoms with van der Waals surface area (Å²) in [5.74, 6) is -0.287. The zero-order chi connectivity index (χ0) is 23.3. The Kier molecular flexibility index (Phi) is 7.62. The van der Waals surface area contributed by atoms with Crippen molar-refractivity contribution in [3.8, 4) is 5.75 Å². The average Bonchev–Trinajstić information content (AvgIpc) is 3.14. The van der Waals surface area contributed by atoms with E-state index in [1.807, 2.05) is 6.92 Å². The molecule has 0 aliphatic rings.